The standard InChI is InChI=1S/C16H20N2O/c1-13-10-14(6-5-7-17)12-15(11-13)16(19)18-8-3-2-4-9-18/h10-12H,2-4,7-9,17H2,1H3. The van der Waals surface area contributed by atoms with Crippen LogP contribution < -0.4 is 5.73 Å². The molecule has 2 N–H and O–H groups in total. The zero-order valence-electron chi connectivity index (χ0n) is 11.4. The minimum atomic E-state index is 0.124. The third kappa shape index (κ3) is 3.59. The SMILES string of the molecule is Cc1cc(C#CCN)cc(C(=O)N2CCCCC2)c1. The van der Waals surface area contributed by atoms with Crippen LogP contribution in [0.1, 0.15) is 40.7 Å². The molecular weight excluding hydrogens is 236 g/mol. The molecule has 1 amide bonds. The molecule has 3 nitrogen and oxygen atoms in total. The van der Waals surface area contributed by atoms with Crippen LogP contribution in [0.2, 0.25) is 0 Å². The monoisotopic (exact) mass is 256 g/mol. The summed E-state index contributed by atoms with van der Waals surface area (Å²) in [6, 6.07) is 5.78. The minimum Gasteiger partial charge on any atom is -0.339 e. The fourth-order valence-corrected chi connectivity index (χ4v) is 2.41. The molecule has 0 radical (unpaired) electrons. The van der Waals surface area contributed by atoms with E-state index in [1.54, 1.807) is 0 Å². The van der Waals surface area contributed by atoms with Gasteiger partial charge in [-0.1, -0.05) is 11.8 Å². The summed E-state index contributed by atoms with van der Waals surface area (Å²) in [5, 5.41) is 0. The lowest BCUT2D eigenvalue weighted by molar-refractivity contribution is 0.0724. The van der Waals surface area contributed by atoms with Crippen LogP contribution >= 0.6 is 0 Å². The lowest BCUT2D eigenvalue weighted by Gasteiger charge is -2.26. The molecule has 0 atom stereocenters. The van der Waals surface area contributed by atoms with Gasteiger partial charge in [0.15, 0.2) is 0 Å². The summed E-state index contributed by atoms with van der Waals surface area (Å²) in [7, 11) is 0. The van der Waals surface area contributed by atoms with Crippen molar-refractivity contribution < 1.29 is 4.79 Å². The Morgan fingerprint density at radius 2 is 2.00 bits per heavy atom. The van der Waals surface area contributed by atoms with Gasteiger partial charge in [0, 0.05) is 24.2 Å². The zero-order chi connectivity index (χ0) is 13.7. The number of carbonyl (C=O) groups excluding carboxylic acids is 1. The third-order valence-electron chi connectivity index (χ3n) is 3.30. The van der Waals surface area contributed by atoms with Crippen molar-refractivity contribution in [2.75, 3.05) is 19.6 Å². The third-order valence-corrected chi connectivity index (χ3v) is 3.30. The van der Waals surface area contributed by atoms with Crippen molar-refractivity contribution in [3.63, 3.8) is 0 Å². The number of rotatable bonds is 1. The molecule has 0 bridgehead atoms. The molecule has 19 heavy (non-hydrogen) atoms. The molecule has 1 saturated heterocycles. The quantitative estimate of drug-likeness (QED) is 0.780. The van der Waals surface area contributed by atoms with Crippen molar-refractivity contribution >= 4 is 5.91 Å². The van der Waals surface area contributed by atoms with Crippen molar-refractivity contribution in [3.05, 3.63) is 34.9 Å². The van der Waals surface area contributed by atoms with Gasteiger partial charge in [-0.2, -0.15) is 0 Å². The first-order chi connectivity index (χ1) is 9.20. The van der Waals surface area contributed by atoms with E-state index in [0.717, 1.165) is 42.6 Å². The van der Waals surface area contributed by atoms with Gasteiger partial charge in [0.05, 0.1) is 6.54 Å². The Kier molecular flexibility index (Phi) is 4.59. The predicted molar refractivity (Wildman–Crippen MR) is 76.9 cm³/mol. The van der Waals surface area contributed by atoms with Gasteiger partial charge in [-0.15, -0.1) is 0 Å². The summed E-state index contributed by atoms with van der Waals surface area (Å²) in [5.41, 5.74) is 8.05. The lowest BCUT2D eigenvalue weighted by Crippen LogP contribution is -2.35. The Morgan fingerprint density at radius 1 is 1.26 bits per heavy atom. The second-order valence-electron chi connectivity index (χ2n) is 4.95. The van der Waals surface area contributed by atoms with Crippen LogP contribution in [0.25, 0.3) is 0 Å². The van der Waals surface area contributed by atoms with Gasteiger partial charge in [-0.3, -0.25) is 4.79 Å². The molecular formula is C16H20N2O. The number of likely N-dealkylation sites (tertiary alicyclic amines) is 1. The average molecular weight is 256 g/mol. The van der Waals surface area contributed by atoms with Crippen molar-refractivity contribution in [3.8, 4) is 11.8 Å². The number of carbonyl (C=O) groups is 1. The summed E-state index contributed by atoms with van der Waals surface area (Å²) < 4.78 is 0. The predicted octanol–water partition coefficient (Wildman–Crippen LogP) is 1.93. The Hall–Kier alpha value is -1.79. The van der Waals surface area contributed by atoms with Crippen LogP contribution in [0.4, 0.5) is 0 Å². The topological polar surface area (TPSA) is 46.3 Å². The molecule has 1 aliphatic heterocycles. The highest BCUT2D eigenvalue weighted by atomic mass is 16.2. The lowest BCUT2D eigenvalue weighted by atomic mass is 10.0. The fraction of sp³-hybridized carbons (Fsp3) is 0.438. The molecule has 2 rings (SSSR count). The van der Waals surface area contributed by atoms with Gasteiger partial charge in [0.25, 0.3) is 5.91 Å². The normalized spacial score (nSPS) is 14.7. The van der Waals surface area contributed by atoms with E-state index in [2.05, 4.69) is 11.8 Å². The first kappa shape index (κ1) is 13.6. The molecule has 0 spiro atoms. The number of aryl methyl sites for hydroxylation is 1. The molecule has 0 saturated carbocycles. The van der Waals surface area contributed by atoms with Crippen molar-refractivity contribution in [2.24, 2.45) is 5.73 Å². The number of piperidine rings is 1. The Labute approximate surface area is 114 Å². The summed E-state index contributed by atoms with van der Waals surface area (Å²) in [5.74, 6) is 5.95. The van der Waals surface area contributed by atoms with Crippen LogP contribution in [0.3, 0.4) is 0 Å². The van der Waals surface area contributed by atoms with Crippen molar-refractivity contribution in [1.29, 1.82) is 0 Å². The van der Waals surface area contributed by atoms with Crippen LogP contribution in [0.15, 0.2) is 18.2 Å². The second kappa shape index (κ2) is 6.40. The summed E-state index contributed by atoms with van der Waals surface area (Å²) in [6.45, 7) is 4.07. The van der Waals surface area contributed by atoms with Gasteiger partial charge in [0.1, 0.15) is 0 Å². The number of nitrogens with two attached hydrogens (primary N) is 1. The molecule has 1 aliphatic rings. The molecule has 3 heteroatoms. The van der Waals surface area contributed by atoms with E-state index in [0.29, 0.717) is 6.54 Å². The summed E-state index contributed by atoms with van der Waals surface area (Å²) in [4.78, 5) is 14.4. The smallest absolute Gasteiger partial charge is 0.253 e. The summed E-state index contributed by atoms with van der Waals surface area (Å²) >= 11 is 0. The second-order valence-corrected chi connectivity index (χ2v) is 4.95. The largest absolute Gasteiger partial charge is 0.339 e. The highest BCUT2D eigenvalue weighted by Crippen LogP contribution is 2.15. The van der Waals surface area contributed by atoms with Gasteiger partial charge in [-0.05, 0) is 49.9 Å². The van der Waals surface area contributed by atoms with Gasteiger partial charge in [-0.25, -0.2) is 0 Å². The van der Waals surface area contributed by atoms with Crippen LogP contribution in [0, 0.1) is 18.8 Å². The van der Waals surface area contributed by atoms with E-state index in [1.165, 1.54) is 6.42 Å². The average Bonchev–Trinajstić information content (AvgIpc) is 2.44. The van der Waals surface area contributed by atoms with E-state index in [-0.39, 0.29) is 5.91 Å². The van der Waals surface area contributed by atoms with E-state index in [4.69, 9.17) is 5.73 Å². The highest BCUT2D eigenvalue weighted by Gasteiger charge is 2.18. The Balaban J connectivity index is 2.23. The van der Waals surface area contributed by atoms with Gasteiger partial charge < -0.3 is 10.6 Å². The van der Waals surface area contributed by atoms with Crippen LogP contribution in [0.5, 0.6) is 0 Å². The molecule has 1 fully saturated rings. The Bertz CT molecular complexity index is 519. The Morgan fingerprint density at radius 3 is 2.68 bits per heavy atom. The maximum absolute atomic E-state index is 12.4. The maximum Gasteiger partial charge on any atom is 0.253 e. The van der Waals surface area contributed by atoms with E-state index in [1.807, 2.05) is 30.0 Å². The molecule has 1 aromatic carbocycles. The highest BCUT2D eigenvalue weighted by molar-refractivity contribution is 5.94. The molecule has 0 aromatic heterocycles. The molecule has 0 aliphatic carbocycles. The fourth-order valence-electron chi connectivity index (χ4n) is 2.41. The molecule has 100 valence electrons. The molecule has 1 aromatic rings. The van der Waals surface area contributed by atoms with E-state index >= 15 is 0 Å². The molecule has 0 unspecified atom stereocenters. The maximum atomic E-state index is 12.4. The zero-order valence-corrected chi connectivity index (χ0v) is 11.4. The summed E-state index contributed by atoms with van der Waals surface area (Å²) in [6.07, 6.45) is 3.44. The number of hydrogen-bond acceptors (Lipinski definition) is 2. The first-order valence-electron chi connectivity index (χ1n) is 6.80. The number of amides is 1. The van der Waals surface area contributed by atoms with Crippen LogP contribution in [-0.2, 0) is 0 Å². The minimum absolute atomic E-state index is 0.124. The molecule has 1 heterocycles. The van der Waals surface area contributed by atoms with Gasteiger partial charge in [0.2, 0.25) is 0 Å². The van der Waals surface area contributed by atoms with Crippen LogP contribution in [-0.4, -0.2) is 30.4 Å². The number of nitrogens with zero attached hydrogens (tertiary/aromatic N) is 1. The number of hydrogen-bond donors (Lipinski definition) is 1. The first-order valence-corrected chi connectivity index (χ1v) is 6.80. The van der Waals surface area contributed by atoms with Gasteiger partial charge >= 0.3 is 0 Å². The van der Waals surface area contributed by atoms with E-state index < -0.39 is 0 Å². The van der Waals surface area contributed by atoms with Crippen molar-refractivity contribution in [2.45, 2.75) is 26.2 Å². The van der Waals surface area contributed by atoms with E-state index in [9.17, 15) is 4.79 Å². The van der Waals surface area contributed by atoms with Crippen molar-refractivity contribution in [1.82, 2.24) is 4.90 Å². The number of benzene rings is 1.